The molecule has 0 spiro atoms. The normalized spacial score (nSPS) is 12.9. The fourth-order valence-corrected chi connectivity index (χ4v) is 22.2. The average Bonchev–Trinajstić information content (AvgIpc) is 2.54. The minimum absolute atomic E-state index is 1.31. The van der Waals surface area contributed by atoms with Crippen LogP contribution >= 0.6 is 15.9 Å². The summed E-state index contributed by atoms with van der Waals surface area (Å²) in [6, 6.07) is 0. The molecule has 2 heteroatoms. The summed E-state index contributed by atoms with van der Waals surface area (Å²) in [6.07, 6.45) is 18.0. The molecule has 132 valence electrons. The summed E-state index contributed by atoms with van der Waals surface area (Å²) in [7, 11) is 0. The minimum atomic E-state index is -2.12. The van der Waals surface area contributed by atoms with Crippen molar-refractivity contribution in [1.82, 2.24) is 0 Å². The van der Waals surface area contributed by atoms with Gasteiger partial charge in [-0.1, -0.05) is 0 Å². The Morgan fingerprint density at radius 2 is 1.14 bits per heavy atom. The van der Waals surface area contributed by atoms with Gasteiger partial charge in [0.05, 0.1) is 0 Å². The predicted molar refractivity (Wildman–Crippen MR) is 111 cm³/mol. The molecule has 0 aromatic carbocycles. The van der Waals surface area contributed by atoms with Crippen molar-refractivity contribution >= 4 is 34.3 Å². The van der Waals surface area contributed by atoms with Crippen LogP contribution in [0.2, 0.25) is 13.3 Å². The fraction of sp³-hybridized carbons (Fsp3) is 0.900. The van der Waals surface area contributed by atoms with Crippen LogP contribution in [0.3, 0.4) is 0 Å². The van der Waals surface area contributed by atoms with Gasteiger partial charge in [-0.2, -0.15) is 0 Å². The second-order valence-electron chi connectivity index (χ2n) is 6.99. The van der Waals surface area contributed by atoms with E-state index in [1.165, 1.54) is 70.6 Å². The van der Waals surface area contributed by atoms with Crippen molar-refractivity contribution < 1.29 is 0 Å². The molecule has 0 aliphatic rings. The molecule has 0 radical (unpaired) electrons. The Morgan fingerprint density at radius 3 is 1.55 bits per heavy atom. The Bertz CT molecular complexity index is 251. The Kier molecular flexibility index (Phi) is 16.3. The van der Waals surface area contributed by atoms with E-state index >= 15 is 0 Å². The standard InChI is InChI=1S/C8H14Br.3C4H9.Sn/c1-2-3-4-5-6-7-8-9;3*1-3-4-2;/h7H,2-6H2,1H3;3*1,3-4H2,2H3;. The number of allylic oxidation sites excluding steroid dienone is 1. The van der Waals surface area contributed by atoms with E-state index < -0.39 is 18.4 Å². The van der Waals surface area contributed by atoms with Crippen molar-refractivity contribution in [2.45, 2.75) is 112 Å². The van der Waals surface area contributed by atoms with Crippen LogP contribution in [0.15, 0.2) is 8.57 Å². The zero-order valence-electron chi connectivity index (χ0n) is 15.9. The van der Waals surface area contributed by atoms with Gasteiger partial charge in [-0.25, -0.2) is 0 Å². The number of rotatable bonds is 15. The Hall–Kier alpha value is 1.02. The third-order valence-electron chi connectivity index (χ3n) is 4.91. The van der Waals surface area contributed by atoms with Gasteiger partial charge in [-0.15, -0.1) is 0 Å². The second-order valence-corrected chi connectivity index (χ2v) is 23.1. The van der Waals surface area contributed by atoms with Gasteiger partial charge >= 0.3 is 155 Å². The predicted octanol–water partition coefficient (Wildman–Crippen LogP) is 8.62. The number of hydrogen-bond acceptors (Lipinski definition) is 0. The molecular formula is C20H41BrSn. The first-order chi connectivity index (χ1) is 10.7. The van der Waals surface area contributed by atoms with E-state index in [0.29, 0.717) is 0 Å². The summed E-state index contributed by atoms with van der Waals surface area (Å²) in [5.41, 5.74) is 0. The van der Waals surface area contributed by atoms with Gasteiger partial charge in [0.2, 0.25) is 0 Å². The van der Waals surface area contributed by atoms with Crippen LogP contribution in [-0.4, -0.2) is 18.4 Å². The quantitative estimate of drug-likeness (QED) is 0.163. The molecule has 0 fully saturated rings. The molecule has 0 aliphatic heterocycles. The van der Waals surface area contributed by atoms with E-state index in [1.54, 1.807) is 15.8 Å². The molecule has 0 unspecified atom stereocenters. The molecule has 0 aliphatic carbocycles. The summed E-state index contributed by atoms with van der Waals surface area (Å²) in [5, 5.41) is 0. The maximum atomic E-state index is 4.12. The van der Waals surface area contributed by atoms with E-state index in [1.807, 2.05) is 0 Å². The molecule has 0 bridgehead atoms. The molecule has 0 aromatic heterocycles. The van der Waals surface area contributed by atoms with Crippen molar-refractivity contribution in [3.05, 3.63) is 8.57 Å². The van der Waals surface area contributed by atoms with Gasteiger partial charge < -0.3 is 0 Å². The van der Waals surface area contributed by atoms with Gasteiger partial charge in [-0.3, -0.25) is 0 Å². The van der Waals surface area contributed by atoms with Gasteiger partial charge in [0.1, 0.15) is 0 Å². The van der Waals surface area contributed by atoms with E-state index in [2.05, 4.69) is 49.7 Å². The second kappa shape index (κ2) is 15.5. The van der Waals surface area contributed by atoms with Crippen molar-refractivity contribution in [2.75, 3.05) is 0 Å². The van der Waals surface area contributed by atoms with Crippen LogP contribution in [0.4, 0.5) is 0 Å². The Morgan fingerprint density at radius 1 is 0.682 bits per heavy atom. The molecule has 0 aromatic rings. The summed E-state index contributed by atoms with van der Waals surface area (Å²) >= 11 is 2.00. The monoisotopic (exact) mass is 480 g/mol. The van der Waals surface area contributed by atoms with Crippen molar-refractivity contribution in [3.8, 4) is 0 Å². The van der Waals surface area contributed by atoms with Crippen LogP contribution in [0.1, 0.15) is 98.3 Å². The topological polar surface area (TPSA) is 0 Å². The summed E-state index contributed by atoms with van der Waals surface area (Å²) in [4.78, 5) is 0. The third kappa shape index (κ3) is 10.0. The van der Waals surface area contributed by atoms with Crippen molar-refractivity contribution in [1.29, 1.82) is 0 Å². The molecule has 0 nitrogen and oxygen atoms in total. The number of unbranched alkanes of at least 4 members (excludes halogenated alkanes) is 7. The molecule has 0 saturated carbocycles. The first kappa shape index (κ1) is 23.0. The molecule has 0 rings (SSSR count). The molecule has 22 heavy (non-hydrogen) atoms. The zero-order chi connectivity index (χ0) is 16.7. The van der Waals surface area contributed by atoms with E-state index in [4.69, 9.17) is 0 Å². The van der Waals surface area contributed by atoms with Crippen LogP contribution < -0.4 is 0 Å². The SMILES string of the molecule is CCCCCC/C=[C](/Br)[Sn]([CH2]CCC)([CH2]CCC)[CH2]CCC. The molecule has 0 amide bonds. The van der Waals surface area contributed by atoms with Crippen molar-refractivity contribution in [2.24, 2.45) is 0 Å². The number of hydrogen-bond donors (Lipinski definition) is 0. The van der Waals surface area contributed by atoms with Crippen LogP contribution in [-0.2, 0) is 0 Å². The first-order valence-corrected chi connectivity index (χ1v) is 18.3. The Labute approximate surface area is 153 Å². The number of halogens is 1. The third-order valence-corrected chi connectivity index (χ3v) is 25.6. The van der Waals surface area contributed by atoms with Gasteiger partial charge in [0.25, 0.3) is 0 Å². The maximum absolute atomic E-state index is 4.12. The fourth-order valence-electron chi connectivity index (χ4n) is 3.30. The van der Waals surface area contributed by atoms with Gasteiger partial charge in [-0.05, 0) is 0 Å². The molecule has 0 N–H and O–H groups in total. The zero-order valence-corrected chi connectivity index (χ0v) is 20.3. The van der Waals surface area contributed by atoms with E-state index in [0.717, 1.165) is 0 Å². The summed E-state index contributed by atoms with van der Waals surface area (Å²) < 4.78 is 6.49. The van der Waals surface area contributed by atoms with Gasteiger partial charge in [0, 0.05) is 0 Å². The first-order valence-electron chi connectivity index (χ1n) is 10.0. The molecule has 0 heterocycles. The molecule has 0 atom stereocenters. The van der Waals surface area contributed by atoms with Gasteiger partial charge in [0.15, 0.2) is 0 Å². The summed E-state index contributed by atoms with van der Waals surface area (Å²) in [5.74, 6) is 0. The van der Waals surface area contributed by atoms with Crippen LogP contribution in [0.5, 0.6) is 0 Å². The molecular weight excluding hydrogens is 439 g/mol. The summed E-state index contributed by atoms with van der Waals surface area (Å²) in [6.45, 7) is 9.38. The van der Waals surface area contributed by atoms with Crippen molar-refractivity contribution in [3.63, 3.8) is 0 Å². The van der Waals surface area contributed by atoms with E-state index in [9.17, 15) is 0 Å². The van der Waals surface area contributed by atoms with Crippen LogP contribution in [0.25, 0.3) is 0 Å². The van der Waals surface area contributed by atoms with E-state index in [-0.39, 0.29) is 0 Å². The Balaban J connectivity index is 4.82. The van der Waals surface area contributed by atoms with Crippen LogP contribution in [0, 0.1) is 0 Å². The molecule has 0 saturated heterocycles. The average molecular weight is 480 g/mol.